The second kappa shape index (κ2) is 9.76. The molecule has 8 heteroatoms. The average molecular weight is 373 g/mol. The molecule has 2 aromatic rings. The predicted octanol–water partition coefficient (Wildman–Crippen LogP) is 2.45. The maximum Gasteiger partial charge on any atom is 0.233 e. The van der Waals surface area contributed by atoms with E-state index < -0.39 is 0 Å². The van der Waals surface area contributed by atoms with Gasteiger partial charge in [0.05, 0.1) is 10.9 Å². The van der Waals surface area contributed by atoms with E-state index in [0.717, 1.165) is 16.3 Å². The summed E-state index contributed by atoms with van der Waals surface area (Å²) >= 11 is 1.47. The molecule has 26 heavy (non-hydrogen) atoms. The standard InChI is InChI=1S/C18H23N5O2S/c1-12-4-9-17(23-22-12)19-10-11-20-18(25)13(2)26-16-7-5-15(6-8-16)21-14(3)24/h4-9,13H,10-11H2,1-3H3,(H,19,23)(H,20,25)(H,21,24). The first-order valence-electron chi connectivity index (χ1n) is 8.30. The number of benzene rings is 1. The first kappa shape index (κ1) is 19.7. The number of rotatable bonds is 8. The number of hydrogen-bond acceptors (Lipinski definition) is 6. The van der Waals surface area contributed by atoms with E-state index in [1.54, 1.807) is 0 Å². The average Bonchev–Trinajstić information content (AvgIpc) is 2.61. The summed E-state index contributed by atoms with van der Waals surface area (Å²) in [5.41, 5.74) is 1.60. The molecule has 0 radical (unpaired) electrons. The molecule has 7 nitrogen and oxygen atoms in total. The first-order chi connectivity index (χ1) is 12.4. The molecule has 138 valence electrons. The van der Waals surface area contributed by atoms with Crippen molar-refractivity contribution < 1.29 is 9.59 Å². The molecule has 0 saturated carbocycles. The van der Waals surface area contributed by atoms with Gasteiger partial charge in [0.2, 0.25) is 11.8 Å². The minimum absolute atomic E-state index is 0.0299. The number of anilines is 2. The molecule has 0 aliphatic heterocycles. The van der Waals surface area contributed by atoms with Crippen molar-refractivity contribution in [3.63, 3.8) is 0 Å². The summed E-state index contributed by atoms with van der Waals surface area (Å²) in [5.74, 6) is 0.549. The van der Waals surface area contributed by atoms with Gasteiger partial charge in [0.25, 0.3) is 0 Å². The number of nitrogens with one attached hydrogen (secondary N) is 3. The molecule has 1 aromatic carbocycles. The van der Waals surface area contributed by atoms with Crippen LogP contribution in [-0.4, -0.2) is 40.4 Å². The highest BCUT2D eigenvalue weighted by Crippen LogP contribution is 2.24. The van der Waals surface area contributed by atoms with Crippen molar-refractivity contribution in [2.75, 3.05) is 23.7 Å². The van der Waals surface area contributed by atoms with Crippen molar-refractivity contribution in [2.24, 2.45) is 0 Å². The Morgan fingerprint density at radius 2 is 1.81 bits per heavy atom. The lowest BCUT2D eigenvalue weighted by atomic mass is 10.3. The Morgan fingerprint density at radius 1 is 1.08 bits per heavy atom. The van der Waals surface area contributed by atoms with E-state index in [2.05, 4.69) is 26.1 Å². The van der Waals surface area contributed by atoms with E-state index in [4.69, 9.17) is 0 Å². The number of thioether (sulfide) groups is 1. The third-order valence-corrected chi connectivity index (χ3v) is 4.50. The normalized spacial score (nSPS) is 11.5. The first-order valence-corrected chi connectivity index (χ1v) is 9.18. The topological polar surface area (TPSA) is 96.0 Å². The number of amides is 2. The van der Waals surface area contributed by atoms with E-state index in [1.807, 2.05) is 50.2 Å². The van der Waals surface area contributed by atoms with Crippen molar-refractivity contribution in [3.8, 4) is 0 Å². The van der Waals surface area contributed by atoms with Gasteiger partial charge in [-0.05, 0) is 50.2 Å². The highest BCUT2D eigenvalue weighted by molar-refractivity contribution is 8.00. The Morgan fingerprint density at radius 3 is 2.42 bits per heavy atom. The molecule has 1 atom stereocenters. The van der Waals surface area contributed by atoms with Gasteiger partial charge >= 0.3 is 0 Å². The van der Waals surface area contributed by atoms with Crippen LogP contribution in [0.5, 0.6) is 0 Å². The van der Waals surface area contributed by atoms with E-state index in [9.17, 15) is 9.59 Å². The fourth-order valence-corrected chi connectivity index (χ4v) is 2.98. The molecule has 2 amide bonds. The second-order valence-corrected chi connectivity index (χ2v) is 7.16. The maximum atomic E-state index is 12.2. The van der Waals surface area contributed by atoms with Gasteiger partial charge < -0.3 is 16.0 Å². The zero-order valence-electron chi connectivity index (χ0n) is 15.1. The van der Waals surface area contributed by atoms with E-state index in [1.165, 1.54) is 18.7 Å². The SMILES string of the molecule is CC(=O)Nc1ccc(SC(C)C(=O)NCCNc2ccc(C)nn2)cc1. The third kappa shape index (κ3) is 6.72. The largest absolute Gasteiger partial charge is 0.367 e. The van der Waals surface area contributed by atoms with E-state index >= 15 is 0 Å². The van der Waals surface area contributed by atoms with Crippen molar-refractivity contribution in [3.05, 3.63) is 42.1 Å². The molecule has 1 heterocycles. The summed E-state index contributed by atoms with van der Waals surface area (Å²) in [6.45, 7) is 6.28. The minimum Gasteiger partial charge on any atom is -0.367 e. The highest BCUT2D eigenvalue weighted by Gasteiger charge is 2.13. The lowest BCUT2D eigenvalue weighted by Crippen LogP contribution is -2.34. The fraction of sp³-hybridized carbons (Fsp3) is 0.333. The Bertz CT molecular complexity index is 734. The summed E-state index contributed by atoms with van der Waals surface area (Å²) in [4.78, 5) is 24.2. The number of hydrogen-bond donors (Lipinski definition) is 3. The van der Waals surface area contributed by atoms with Crippen molar-refractivity contribution >= 4 is 35.1 Å². The van der Waals surface area contributed by atoms with Crippen LogP contribution in [-0.2, 0) is 9.59 Å². The Hall–Kier alpha value is -2.61. The summed E-state index contributed by atoms with van der Waals surface area (Å²) in [7, 11) is 0. The number of carbonyl (C=O) groups is 2. The van der Waals surface area contributed by atoms with E-state index in [-0.39, 0.29) is 17.1 Å². The molecule has 3 N–H and O–H groups in total. The second-order valence-electron chi connectivity index (χ2n) is 5.74. The Balaban J connectivity index is 1.71. The fourth-order valence-electron chi connectivity index (χ4n) is 2.09. The molecule has 0 spiro atoms. The van der Waals surface area contributed by atoms with Gasteiger partial charge in [-0.1, -0.05) is 0 Å². The van der Waals surface area contributed by atoms with Crippen molar-refractivity contribution in [2.45, 2.75) is 30.9 Å². The summed E-state index contributed by atoms with van der Waals surface area (Å²) in [6, 6.07) is 11.1. The van der Waals surface area contributed by atoms with Gasteiger partial charge in [0.1, 0.15) is 5.82 Å². The molecule has 0 saturated heterocycles. The summed E-state index contributed by atoms with van der Waals surface area (Å²) in [6.07, 6.45) is 0. The van der Waals surface area contributed by atoms with Crippen molar-refractivity contribution in [1.82, 2.24) is 15.5 Å². The molecule has 0 bridgehead atoms. The van der Waals surface area contributed by atoms with Gasteiger partial charge in [-0.2, -0.15) is 5.10 Å². The predicted molar refractivity (Wildman–Crippen MR) is 104 cm³/mol. The molecule has 1 unspecified atom stereocenters. The van der Waals surface area contributed by atoms with Crippen LogP contribution in [0.2, 0.25) is 0 Å². The minimum atomic E-state index is -0.221. The lowest BCUT2D eigenvalue weighted by molar-refractivity contribution is -0.120. The van der Waals surface area contributed by atoms with Gasteiger partial charge in [-0.25, -0.2) is 0 Å². The van der Waals surface area contributed by atoms with Crippen LogP contribution in [0.3, 0.4) is 0 Å². The molecule has 0 aliphatic carbocycles. The monoisotopic (exact) mass is 373 g/mol. The Labute approximate surface area is 157 Å². The molecule has 0 fully saturated rings. The molecule has 1 aromatic heterocycles. The van der Waals surface area contributed by atoms with Crippen molar-refractivity contribution in [1.29, 1.82) is 0 Å². The molecule has 0 aliphatic rings. The zero-order chi connectivity index (χ0) is 18.9. The van der Waals surface area contributed by atoms with Crippen LogP contribution in [0, 0.1) is 6.92 Å². The number of aryl methyl sites for hydroxylation is 1. The van der Waals surface area contributed by atoms with Crippen LogP contribution < -0.4 is 16.0 Å². The number of nitrogens with zero attached hydrogens (tertiary/aromatic N) is 2. The van der Waals surface area contributed by atoms with Crippen LogP contribution in [0.4, 0.5) is 11.5 Å². The number of aromatic nitrogens is 2. The smallest absolute Gasteiger partial charge is 0.233 e. The van der Waals surface area contributed by atoms with Crippen LogP contribution >= 0.6 is 11.8 Å². The van der Waals surface area contributed by atoms with Gasteiger partial charge in [-0.3, -0.25) is 9.59 Å². The Kier molecular flexibility index (Phi) is 7.40. The highest BCUT2D eigenvalue weighted by atomic mass is 32.2. The van der Waals surface area contributed by atoms with Crippen LogP contribution in [0.25, 0.3) is 0 Å². The zero-order valence-corrected chi connectivity index (χ0v) is 15.9. The van der Waals surface area contributed by atoms with Gasteiger partial charge in [0, 0.05) is 30.6 Å². The third-order valence-electron chi connectivity index (χ3n) is 3.38. The lowest BCUT2D eigenvalue weighted by Gasteiger charge is -2.13. The summed E-state index contributed by atoms with van der Waals surface area (Å²) in [5, 5.41) is 16.5. The molecule has 2 rings (SSSR count). The van der Waals surface area contributed by atoms with Gasteiger partial charge in [-0.15, -0.1) is 16.9 Å². The molecular formula is C18H23N5O2S. The number of carbonyl (C=O) groups excluding carboxylic acids is 2. The maximum absolute atomic E-state index is 12.2. The summed E-state index contributed by atoms with van der Waals surface area (Å²) < 4.78 is 0. The quantitative estimate of drug-likeness (QED) is 0.486. The van der Waals surface area contributed by atoms with Crippen LogP contribution in [0.15, 0.2) is 41.3 Å². The van der Waals surface area contributed by atoms with Gasteiger partial charge in [0.15, 0.2) is 0 Å². The van der Waals surface area contributed by atoms with E-state index in [0.29, 0.717) is 18.9 Å². The molecular weight excluding hydrogens is 350 g/mol. The van der Waals surface area contributed by atoms with Crippen LogP contribution in [0.1, 0.15) is 19.5 Å².